The molecule has 0 saturated carbocycles. The molecular weight excluding hydrogens is 423 g/mol. The first-order valence-electron chi connectivity index (χ1n) is 6.39. The number of benzene rings is 2. The Kier molecular flexibility index (Phi) is 4.51. The number of anilines is 1. The Balaban J connectivity index is 2.12. The molecule has 1 aromatic heterocycles. The van der Waals surface area contributed by atoms with Gasteiger partial charge >= 0.3 is 0 Å². The van der Waals surface area contributed by atoms with Crippen LogP contribution in [0.3, 0.4) is 0 Å². The molecule has 4 nitrogen and oxygen atoms in total. The van der Waals surface area contributed by atoms with Crippen LogP contribution in [-0.4, -0.2) is 13.4 Å². The number of halogens is 3. The van der Waals surface area contributed by atoms with Crippen molar-refractivity contribution in [1.29, 1.82) is 0 Å². The van der Waals surface area contributed by atoms with Gasteiger partial charge in [-0.1, -0.05) is 57.3 Å². The molecule has 0 fully saturated rings. The van der Waals surface area contributed by atoms with E-state index in [-0.39, 0.29) is 14.9 Å². The SMILES string of the molecule is O=S(=O)(Nc1cccc2cccnc12)c1c(Cl)cc(Br)cc1Cl. The lowest BCUT2D eigenvalue weighted by Gasteiger charge is -2.12. The lowest BCUT2D eigenvalue weighted by atomic mass is 10.2. The van der Waals surface area contributed by atoms with E-state index in [1.165, 1.54) is 12.1 Å². The van der Waals surface area contributed by atoms with E-state index in [2.05, 4.69) is 25.6 Å². The second-order valence-electron chi connectivity index (χ2n) is 4.68. The van der Waals surface area contributed by atoms with Gasteiger partial charge in [0.15, 0.2) is 0 Å². The number of nitrogens with one attached hydrogen (secondary N) is 1. The molecule has 3 rings (SSSR count). The summed E-state index contributed by atoms with van der Waals surface area (Å²) in [5, 5.41) is 0.885. The van der Waals surface area contributed by atoms with Crippen molar-refractivity contribution in [2.75, 3.05) is 4.72 Å². The smallest absolute Gasteiger partial charge is 0.264 e. The van der Waals surface area contributed by atoms with Gasteiger partial charge in [0.1, 0.15) is 4.90 Å². The summed E-state index contributed by atoms with van der Waals surface area (Å²) in [7, 11) is -3.96. The van der Waals surface area contributed by atoms with E-state index in [4.69, 9.17) is 23.2 Å². The molecule has 0 atom stereocenters. The third-order valence-electron chi connectivity index (χ3n) is 3.11. The molecule has 0 aliphatic heterocycles. The van der Waals surface area contributed by atoms with E-state index >= 15 is 0 Å². The maximum atomic E-state index is 12.7. The average Bonchev–Trinajstić information content (AvgIpc) is 2.45. The molecule has 3 aromatic rings. The highest BCUT2D eigenvalue weighted by Gasteiger charge is 2.23. The second-order valence-corrected chi connectivity index (χ2v) is 8.03. The molecule has 23 heavy (non-hydrogen) atoms. The summed E-state index contributed by atoms with van der Waals surface area (Å²) in [5.74, 6) is 0. The van der Waals surface area contributed by atoms with Gasteiger partial charge in [0, 0.05) is 16.1 Å². The molecular formula is C15H9BrCl2N2O2S. The highest BCUT2D eigenvalue weighted by molar-refractivity contribution is 9.10. The van der Waals surface area contributed by atoms with Gasteiger partial charge in [0.2, 0.25) is 0 Å². The molecule has 0 unspecified atom stereocenters. The van der Waals surface area contributed by atoms with Gasteiger partial charge in [-0.25, -0.2) is 8.42 Å². The fraction of sp³-hybridized carbons (Fsp3) is 0. The minimum Gasteiger partial charge on any atom is -0.277 e. The zero-order valence-corrected chi connectivity index (χ0v) is 15.3. The summed E-state index contributed by atoms with van der Waals surface area (Å²) in [6.07, 6.45) is 1.60. The molecule has 8 heteroatoms. The number of fused-ring (bicyclic) bond motifs is 1. The summed E-state index contributed by atoms with van der Waals surface area (Å²) in [6, 6.07) is 11.8. The number of hydrogen-bond acceptors (Lipinski definition) is 3. The van der Waals surface area contributed by atoms with Gasteiger partial charge in [-0.3, -0.25) is 9.71 Å². The average molecular weight is 432 g/mol. The number of hydrogen-bond donors (Lipinski definition) is 1. The first kappa shape index (κ1) is 16.5. The van der Waals surface area contributed by atoms with E-state index in [1.807, 2.05) is 12.1 Å². The van der Waals surface area contributed by atoms with Crippen LogP contribution in [0.5, 0.6) is 0 Å². The molecule has 118 valence electrons. The Hall–Kier alpha value is -1.34. The first-order valence-corrected chi connectivity index (χ1v) is 9.43. The maximum Gasteiger partial charge on any atom is 0.264 e. The quantitative estimate of drug-likeness (QED) is 0.627. The lowest BCUT2D eigenvalue weighted by molar-refractivity contribution is 0.601. The minimum absolute atomic E-state index is 0.0325. The molecule has 0 aliphatic rings. The van der Waals surface area contributed by atoms with Crippen molar-refractivity contribution in [3.05, 3.63) is 63.2 Å². The van der Waals surface area contributed by atoms with Crippen LogP contribution in [0.2, 0.25) is 10.0 Å². The molecule has 0 saturated heterocycles. The number of sulfonamides is 1. The third-order valence-corrected chi connectivity index (χ3v) is 5.85. The van der Waals surface area contributed by atoms with Crippen molar-refractivity contribution in [1.82, 2.24) is 4.98 Å². The van der Waals surface area contributed by atoms with E-state index in [0.717, 1.165) is 5.39 Å². The number of pyridine rings is 1. The largest absolute Gasteiger partial charge is 0.277 e. The Labute approximate surface area is 151 Å². The summed E-state index contributed by atoms with van der Waals surface area (Å²) < 4.78 is 28.5. The van der Waals surface area contributed by atoms with Crippen molar-refractivity contribution in [3.8, 4) is 0 Å². The maximum absolute atomic E-state index is 12.7. The van der Waals surface area contributed by atoms with Gasteiger partial charge in [-0.2, -0.15) is 0 Å². The number of rotatable bonds is 3. The van der Waals surface area contributed by atoms with Gasteiger partial charge < -0.3 is 0 Å². The third kappa shape index (κ3) is 3.30. The number of para-hydroxylation sites is 1. The van der Waals surface area contributed by atoms with Crippen molar-refractivity contribution in [2.45, 2.75) is 4.90 Å². The molecule has 0 bridgehead atoms. The van der Waals surface area contributed by atoms with Crippen LogP contribution < -0.4 is 4.72 Å². The molecule has 1 heterocycles. The van der Waals surface area contributed by atoms with Crippen LogP contribution in [0.1, 0.15) is 0 Å². The predicted octanol–water partition coefficient (Wildman–Crippen LogP) is 5.10. The van der Waals surface area contributed by atoms with Gasteiger partial charge in [0.25, 0.3) is 10.0 Å². The summed E-state index contributed by atoms with van der Waals surface area (Å²) in [4.78, 5) is 4.05. The van der Waals surface area contributed by atoms with Crippen molar-refractivity contribution >= 4 is 65.7 Å². The summed E-state index contributed by atoms with van der Waals surface area (Å²) in [6.45, 7) is 0. The van der Waals surface area contributed by atoms with Crippen LogP contribution in [0.25, 0.3) is 10.9 Å². The summed E-state index contributed by atoms with van der Waals surface area (Å²) >= 11 is 15.3. The van der Waals surface area contributed by atoms with Gasteiger partial charge in [0.05, 0.1) is 21.2 Å². The Morgan fingerprint density at radius 2 is 1.70 bits per heavy atom. The zero-order chi connectivity index (χ0) is 16.6. The van der Waals surface area contributed by atoms with Gasteiger partial charge in [-0.15, -0.1) is 0 Å². The van der Waals surface area contributed by atoms with E-state index in [0.29, 0.717) is 15.7 Å². The Morgan fingerprint density at radius 3 is 2.39 bits per heavy atom. The highest BCUT2D eigenvalue weighted by atomic mass is 79.9. The highest BCUT2D eigenvalue weighted by Crippen LogP contribution is 2.34. The van der Waals surface area contributed by atoms with Crippen molar-refractivity contribution in [3.63, 3.8) is 0 Å². The van der Waals surface area contributed by atoms with Crippen molar-refractivity contribution in [2.24, 2.45) is 0 Å². The fourth-order valence-electron chi connectivity index (χ4n) is 2.17. The Bertz CT molecular complexity index is 981. The van der Waals surface area contributed by atoms with Crippen molar-refractivity contribution < 1.29 is 8.42 Å². The van der Waals surface area contributed by atoms with Crippen LogP contribution in [0, 0.1) is 0 Å². The minimum atomic E-state index is -3.96. The first-order chi connectivity index (χ1) is 10.9. The van der Waals surface area contributed by atoms with Crippen LogP contribution in [-0.2, 0) is 10.0 Å². The van der Waals surface area contributed by atoms with Crippen LogP contribution in [0.15, 0.2) is 58.0 Å². The van der Waals surface area contributed by atoms with E-state index < -0.39 is 10.0 Å². The van der Waals surface area contributed by atoms with Crippen LogP contribution in [0.4, 0.5) is 5.69 Å². The second kappa shape index (κ2) is 6.28. The molecule has 1 N–H and O–H groups in total. The monoisotopic (exact) mass is 430 g/mol. The normalized spacial score (nSPS) is 11.6. The van der Waals surface area contributed by atoms with Crippen LogP contribution >= 0.6 is 39.1 Å². The molecule has 0 radical (unpaired) electrons. The Morgan fingerprint density at radius 1 is 1.04 bits per heavy atom. The topological polar surface area (TPSA) is 59.1 Å². The predicted molar refractivity (Wildman–Crippen MR) is 96.7 cm³/mol. The number of aromatic nitrogens is 1. The molecule has 0 amide bonds. The molecule has 0 spiro atoms. The lowest BCUT2D eigenvalue weighted by Crippen LogP contribution is -2.14. The standard InChI is InChI=1S/C15H9BrCl2N2O2S/c16-10-7-11(17)15(12(18)8-10)23(21,22)20-13-5-1-3-9-4-2-6-19-14(9)13/h1-8,20H. The number of nitrogens with zero attached hydrogens (tertiary/aromatic N) is 1. The molecule has 2 aromatic carbocycles. The van der Waals surface area contributed by atoms with Gasteiger partial charge in [-0.05, 0) is 24.3 Å². The van der Waals surface area contributed by atoms with E-state index in [9.17, 15) is 8.42 Å². The zero-order valence-electron chi connectivity index (χ0n) is 11.4. The fourth-order valence-corrected chi connectivity index (χ4v) is 5.17. The molecule has 0 aliphatic carbocycles. The summed E-state index contributed by atoms with van der Waals surface area (Å²) in [5.41, 5.74) is 0.904. The van der Waals surface area contributed by atoms with E-state index in [1.54, 1.807) is 24.4 Å².